The molecule has 1 heterocycles. The molecule has 0 saturated heterocycles. The lowest BCUT2D eigenvalue weighted by atomic mass is 10.2. The Morgan fingerprint density at radius 1 is 1.28 bits per heavy atom. The first-order chi connectivity index (χ1) is 8.70. The second-order valence-electron chi connectivity index (χ2n) is 4.24. The Bertz CT molecular complexity index is 350. The predicted octanol–water partition coefficient (Wildman–Crippen LogP) is 1.27. The average Bonchev–Trinajstić information content (AvgIpc) is 2.62. The fourth-order valence-corrected chi connectivity index (χ4v) is 1.89. The van der Waals surface area contributed by atoms with E-state index in [4.69, 9.17) is 9.47 Å². The first-order valence-corrected chi connectivity index (χ1v) is 6.51. The number of rotatable bonds is 9. The molecule has 0 bridgehead atoms. The Balaban J connectivity index is 2.51. The Labute approximate surface area is 109 Å². The number of nitrogens with one attached hydrogen (secondary N) is 1. The highest BCUT2D eigenvalue weighted by molar-refractivity contribution is 5.24. The quantitative estimate of drug-likeness (QED) is 0.675. The van der Waals surface area contributed by atoms with Crippen molar-refractivity contribution in [3.8, 4) is 0 Å². The second-order valence-corrected chi connectivity index (χ2v) is 4.24. The van der Waals surface area contributed by atoms with E-state index in [-0.39, 0.29) is 0 Å². The van der Waals surface area contributed by atoms with Gasteiger partial charge >= 0.3 is 0 Å². The van der Waals surface area contributed by atoms with Crippen molar-refractivity contribution in [3.63, 3.8) is 0 Å². The fourth-order valence-electron chi connectivity index (χ4n) is 1.89. The first-order valence-electron chi connectivity index (χ1n) is 6.51. The highest BCUT2D eigenvalue weighted by atomic mass is 16.5. The number of ether oxygens (including phenoxy) is 2. The summed E-state index contributed by atoms with van der Waals surface area (Å²) < 4.78 is 12.4. The maximum atomic E-state index is 5.36. The molecule has 18 heavy (non-hydrogen) atoms. The summed E-state index contributed by atoms with van der Waals surface area (Å²) in [6, 6.07) is 0. The lowest BCUT2D eigenvalue weighted by Crippen LogP contribution is -2.19. The van der Waals surface area contributed by atoms with E-state index in [0.29, 0.717) is 0 Å². The first kappa shape index (κ1) is 15.1. The molecule has 0 aromatic carbocycles. The molecule has 1 aromatic rings. The van der Waals surface area contributed by atoms with Crippen molar-refractivity contribution >= 4 is 0 Å². The molecule has 0 amide bonds. The van der Waals surface area contributed by atoms with E-state index in [1.54, 1.807) is 7.11 Å². The molecular formula is C13H25N3O2. The molecule has 1 rings (SSSR count). The zero-order valence-corrected chi connectivity index (χ0v) is 12.0. The summed E-state index contributed by atoms with van der Waals surface area (Å²) in [5.74, 6) is 0. The minimum absolute atomic E-state index is 0.717. The molecule has 0 aliphatic rings. The SMILES string of the molecule is CCOCCn1nc(C)c(CNCCOC)c1C. The minimum Gasteiger partial charge on any atom is -0.383 e. The number of methoxy groups -OCH3 is 1. The van der Waals surface area contributed by atoms with Crippen LogP contribution in [0, 0.1) is 13.8 Å². The van der Waals surface area contributed by atoms with E-state index in [0.717, 1.165) is 45.1 Å². The van der Waals surface area contributed by atoms with Gasteiger partial charge in [-0.15, -0.1) is 0 Å². The predicted molar refractivity (Wildman–Crippen MR) is 71.8 cm³/mol. The number of aryl methyl sites for hydroxylation is 1. The van der Waals surface area contributed by atoms with E-state index in [1.165, 1.54) is 11.3 Å². The number of hydrogen-bond donors (Lipinski definition) is 1. The Morgan fingerprint density at radius 2 is 2.06 bits per heavy atom. The third-order valence-electron chi connectivity index (χ3n) is 2.97. The Morgan fingerprint density at radius 3 is 2.72 bits per heavy atom. The molecule has 0 spiro atoms. The van der Waals surface area contributed by atoms with Crippen LogP contribution in [0.4, 0.5) is 0 Å². The van der Waals surface area contributed by atoms with Crippen molar-refractivity contribution in [2.45, 2.75) is 33.9 Å². The Kier molecular flexibility index (Phi) is 6.93. The summed E-state index contributed by atoms with van der Waals surface area (Å²) in [4.78, 5) is 0. The molecule has 0 aliphatic heterocycles. The van der Waals surface area contributed by atoms with Gasteiger partial charge in [-0.05, 0) is 20.8 Å². The zero-order chi connectivity index (χ0) is 13.4. The van der Waals surface area contributed by atoms with E-state index in [2.05, 4.69) is 24.3 Å². The smallest absolute Gasteiger partial charge is 0.0662 e. The summed E-state index contributed by atoms with van der Waals surface area (Å²) in [5.41, 5.74) is 3.59. The van der Waals surface area contributed by atoms with Crippen molar-refractivity contribution in [2.24, 2.45) is 0 Å². The maximum absolute atomic E-state index is 5.36. The largest absolute Gasteiger partial charge is 0.383 e. The van der Waals surface area contributed by atoms with Gasteiger partial charge in [0.25, 0.3) is 0 Å². The van der Waals surface area contributed by atoms with Crippen molar-refractivity contribution in [2.75, 3.05) is 33.5 Å². The Hall–Kier alpha value is -0.910. The van der Waals surface area contributed by atoms with E-state index in [9.17, 15) is 0 Å². The lowest BCUT2D eigenvalue weighted by molar-refractivity contribution is 0.135. The fraction of sp³-hybridized carbons (Fsp3) is 0.769. The third-order valence-corrected chi connectivity index (χ3v) is 2.97. The number of nitrogens with zero attached hydrogens (tertiary/aromatic N) is 2. The van der Waals surface area contributed by atoms with Crippen molar-refractivity contribution in [3.05, 3.63) is 17.0 Å². The minimum atomic E-state index is 0.717. The maximum Gasteiger partial charge on any atom is 0.0662 e. The molecule has 1 N–H and O–H groups in total. The van der Waals surface area contributed by atoms with Crippen LogP contribution < -0.4 is 5.32 Å². The van der Waals surface area contributed by atoms with Crippen LogP contribution in [-0.4, -0.2) is 43.3 Å². The molecule has 5 nitrogen and oxygen atoms in total. The highest BCUT2D eigenvalue weighted by Gasteiger charge is 2.10. The van der Waals surface area contributed by atoms with Crippen LogP contribution in [0.5, 0.6) is 0 Å². The van der Waals surface area contributed by atoms with Crippen LogP contribution in [0.1, 0.15) is 23.9 Å². The topological polar surface area (TPSA) is 48.3 Å². The lowest BCUT2D eigenvalue weighted by Gasteiger charge is -2.06. The van der Waals surface area contributed by atoms with Crippen LogP contribution in [0.3, 0.4) is 0 Å². The molecule has 0 atom stereocenters. The molecule has 5 heteroatoms. The molecule has 0 unspecified atom stereocenters. The summed E-state index contributed by atoms with van der Waals surface area (Å²) >= 11 is 0. The van der Waals surface area contributed by atoms with Gasteiger partial charge in [-0.2, -0.15) is 5.10 Å². The van der Waals surface area contributed by atoms with Gasteiger partial charge in [0.05, 0.1) is 25.5 Å². The monoisotopic (exact) mass is 255 g/mol. The molecule has 0 aliphatic carbocycles. The average molecular weight is 255 g/mol. The molecule has 104 valence electrons. The van der Waals surface area contributed by atoms with Crippen molar-refractivity contribution < 1.29 is 9.47 Å². The summed E-state index contributed by atoms with van der Waals surface area (Å²) in [5, 5.41) is 7.90. The molecule has 1 aromatic heterocycles. The second kappa shape index (κ2) is 8.24. The van der Waals surface area contributed by atoms with Gasteiger partial charge in [-0.3, -0.25) is 4.68 Å². The van der Waals surface area contributed by atoms with Crippen LogP contribution >= 0.6 is 0 Å². The van der Waals surface area contributed by atoms with Gasteiger partial charge in [0.2, 0.25) is 0 Å². The van der Waals surface area contributed by atoms with Crippen LogP contribution in [-0.2, 0) is 22.6 Å². The van der Waals surface area contributed by atoms with Gasteiger partial charge in [0, 0.05) is 38.1 Å². The third kappa shape index (κ3) is 4.40. The molecule has 0 fully saturated rings. The van der Waals surface area contributed by atoms with E-state index in [1.807, 2.05) is 11.6 Å². The van der Waals surface area contributed by atoms with Crippen LogP contribution in [0.2, 0.25) is 0 Å². The normalized spacial score (nSPS) is 11.1. The molecular weight excluding hydrogens is 230 g/mol. The van der Waals surface area contributed by atoms with Gasteiger partial charge in [0.15, 0.2) is 0 Å². The van der Waals surface area contributed by atoms with Crippen LogP contribution in [0.15, 0.2) is 0 Å². The highest BCUT2D eigenvalue weighted by Crippen LogP contribution is 2.12. The van der Waals surface area contributed by atoms with E-state index < -0.39 is 0 Å². The number of hydrogen-bond acceptors (Lipinski definition) is 4. The zero-order valence-electron chi connectivity index (χ0n) is 12.0. The van der Waals surface area contributed by atoms with Gasteiger partial charge in [-0.25, -0.2) is 0 Å². The van der Waals surface area contributed by atoms with Gasteiger partial charge in [-0.1, -0.05) is 0 Å². The van der Waals surface area contributed by atoms with Crippen molar-refractivity contribution in [1.82, 2.24) is 15.1 Å². The summed E-state index contributed by atoms with van der Waals surface area (Å²) in [6.07, 6.45) is 0. The standard InChI is InChI=1S/C13H25N3O2/c1-5-18-9-7-16-12(3)13(11(2)15-16)10-14-6-8-17-4/h14H,5-10H2,1-4H3. The summed E-state index contributed by atoms with van der Waals surface area (Å²) in [6.45, 7) is 10.9. The number of aromatic nitrogens is 2. The van der Waals surface area contributed by atoms with Crippen molar-refractivity contribution in [1.29, 1.82) is 0 Å². The van der Waals surface area contributed by atoms with Crippen LogP contribution in [0.25, 0.3) is 0 Å². The van der Waals surface area contributed by atoms with Gasteiger partial charge < -0.3 is 14.8 Å². The van der Waals surface area contributed by atoms with E-state index >= 15 is 0 Å². The molecule has 0 saturated carbocycles. The molecule has 0 radical (unpaired) electrons. The van der Waals surface area contributed by atoms with Gasteiger partial charge in [0.1, 0.15) is 0 Å². The summed E-state index contributed by atoms with van der Waals surface area (Å²) in [7, 11) is 1.71.